The molecule has 0 radical (unpaired) electrons. The maximum atomic E-state index is 12.8. The number of hydrogen-bond acceptors (Lipinski definition) is 6. The lowest BCUT2D eigenvalue weighted by Crippen LogP contribution is -2.44. The molecule has 0 heterocycles. The summed E-state index contributed by atoms with van der Waals surface area (Å²) in [5.74, 6) is -2.58. The number of benzene rings is 2. The average Bonchev–Trinajstić information content (AvgIpc) is 3.14. The molecule has 6 N–H and O–H groups in total. The number of phenols is 2. The fraction of sp³-hybridized carbons (Fsp3) is 0.619. The molecule has 0 aliphatic carbocycles. The van der Waals surface area contributed by atoms with Crippen LogP contribution in [0.1, 0.15) is 175 Å². The fourth-order valence-corrected chi connectivity index (χ4v) is 6.33. The number of aromatic hydroxyl groups is 2. The molecule has 4 amide bonds. The third kappa shape index (κ3) is 17.0. The molecule has 0 saturated carbocycles. The number of phenolic OH excluding ortho intramolecular Hbond substituents is 2. The molecule has 0 aliphatic heterocycles. The van der Waals surface area contributed by atoms with Crippen LogP contribution < -0.4 is 21.7 Å². The number of carbonyl (C=O) groups excluding carboxylic acids is 4. The van der Waals surface area contributed by atoms with Gasteiger partial charge < -0.3 is 10.2 Å². The highest BCUT2D eigenvalue weighted by Crippen LogP contribution is 2.22. The topological polar surface area (TPSA) is 157 Å². The van der Waals surface area contributed by atoms with Crippen molar-refractivity contribution in [1.82, 2.24) is 21.7 Å². The number of aryl methyl sites for hydroxylation is 2. The first kappa shape index (κ1) is 44.1. The van der Waals surface area contributed by atoms with E-state index >= 15 is 0 Å². The summed E-state index contributed by atoms with van der Waals surface area (Å²) in [6.45, 7) is 8.11. The van der Waals surface area contributed by atoms with Crippen molar-refractivity contribution in [2.45, 2.75) is 156 Å². The summed E-state index contributed by atoms with van der Waals surface area (Å²) in [6, 6.07) is 10.1. The van der Waals surface area contributed by atoms with Crippen molar-refractivity contribution in [3.63, 3.8) is 0 Å². The summed E-state index contributed by atoms with van der Waals surface area (Å²) in [6.07, 6.45) is 20.0. The second-order valence-corrected chi connectivity index (χ2v) is 14.3. The molecule has 0 fully saturated rings. The lowest BCUT2D eigenvalue weighted by Gasteiger charge is -2.16. The van der Waals surface area contributed by atoms with E-state index < -0.39 is 11.8 Å². The van der Waals surface area contributed by atoms with Crippen LogP contribution in [0.4, 0.5) is 0 Å². The summed E-state index contributed by atoms with van der Waals surface area (Å²) < 4.78 is 0. The molecule has 52 heavy (non-hydrogen) atoms. The van der Waals surface area contributed by atoms with Crippen LogP contribution >= 0.6 is 0 Å². The summed E-state index contributed by atoms with van der Waals surface area (Å²) in [7, 11) is 0. The Labute approximate surface area is 312 Å². The molecule has 10 heteroatoms. The van der Waals surface area contributed by atoms with Crippen LogP contribution in [-0.2, 0) is 22.4 Å². The van der Waals surface area contributed by atoms with Gasteiger partial charge in [-0.2, -0.15) is 0 Å². The van der Waals surface area contributed by atoms with Gasteiger partial charge in [-0.25, -0.2) is 0 Å². The highest BCUT2D eigenvalue weighted by molar-refractivity contribution is 5.98. The Kier molecular flexibility index (Phi) is 21.9. The number of hydrazine groups is 2. The zero-order valence-electron chi connectivity index (χ0n) is 32.3. The van der Waals surface area contributed by atoms with Gasteiger partial charge in [0.25, 0.3) is 11.8 Å². The van der Waals surface area contributed by atoms with E-state index in [4.69, 9.17) is 0 Å². The van der Waals surface area contributed by atoms with Crippen LogP contribution in [0.25, 0.3) is 0 Å². The van der Waals surface area contributed by atoms with Crippen molar-refractivity contribution in [2.75, 3.05) is 0 Å². The minimum absolute atomic E-state index is 0.126. The molecule has 0 aliphatic rings. The molecule has 2 unspecified atom stereocenters. The van der Waals surface area contributed by atoms with Gasteiger partial charge in [-0.3, -0.25) is 40.9 Å². The number of carbonyl (C=O) groups is 4. The maximum Gasteiger partial charge on any atom is 0.273 e. The molecular formula is C42H66N4O6. The molecule has 0 aromatic heterocycles. The average molecular weight is 723 g/mol. The lowest BCUT2D eigenvalue weighted by atomic mass is 9.96. The quantitative estimate of drug-likeness (QED) is 0.0445. The monoisotopic (exact) mass is 722 g/mol. The van der Waals surface area contributed by atoms with Crippen molar-refractivity contribution in [2.24, 2.45) is 11.8 Å². The Hall–Kier alpha value is -4.08. The Balaban J connectivity index is 1.68. The van der Waals surface area contributed by atoms with Gasteiger partial charge in [0.1, 0.15) is 11.5 Å². The van der Waals surface area contributed by atoms with E-state index in [-0.39, 0.29) is 46.3 Å². The van der Waals surface area contributed by atoms with E-state index in [1.54, 1.807) is 19.1 Å². The minimum Gasteiger partial charge on any atom is -0.507 e. The largest absolute Gasteiger partial charge is 0.507 e. The summed E-state index contributed by atoms with van der Waals surface area (Å²) in [5, 5.41) is 20.5. The Bertz CT molecular complexity index is 1380. The second kappa shape index (κ2) is 25.8. The van der Waals surface area contributed by atoms with E-state index in [0.29, 0.717) is 19.3 Å². The van der Waals surface area contributed by atoms with Gasteiger partial charge in [0.15, 0.2) is 0 Å². The van der Waals surface area contributed by atoms with Crippen LogP contribution in [-0.4, -0.2) is 33.8 Å². The van der Waals surface area contributed by atoms with Crippen LogP contribution in [0.3, 0.4) is 0 Å². The fourth-order valence-electron chi connectivity index (χ4n) is 6.33. The van der Waals surface area contributed by atoms with Gasteiger partial charge in [0, 0.05) is 11.8 Å². The summed E-state index contributed by atoms with van der Waals surface area (Å²) in [4.78, 5) is 51.0. The third-order valence-electron chi connectivity index (χ3n) is 9.85. The second-order valence-electron chi connectivity index (χ2n) is 14.3. The van der Waals surface area contributed by atoms with Gasteiger partial charge in [0.05, 0.1) is 11.1 Å². The first-order valence-corrected chi connectivity index (χ1v) is 19.9. The van der Waals surface area contributed by atoms with Gasteiger partial charge in [0.2, 0.25) is 11.8 Å². The van der Waals surface area contributed by atoms with Gasteiger partial charge >= 0.3 is 0 Å². The van der Waals surface area contributed by atoms with E-state index in [1.165, 1.54) is 63.5 Å². The minimum atomic E-state index is -0.559. The first-order chi connectivity index (χ1) is 25.1. The third-order valence-corrected chi connectivity index (χ3v) is 9.85. The Morgan fingerprint density at radius 2 is 0.962 bits per heavy atom. The highest BCUT2D eigenvalue weighted by atomic mass is 16.3. The Morgan fingerprint density at radius 3 is 1.44 bits per heavy atom. The molecule has 2 aromatic rings. The zero-order chi connectivity index (χ0) is 38.1. The van der Waals surface area contributed by atoms with Gasteiger partial charge in [-0.15, -0.1) is 0 Å². The van der Waals surface area contributed by atoms with E-state index in [1.807, 2.05) is 19.1 Å². The number of rotatable bonds is 25. The smallest absolute Gasteiger partial charge is 0.273 e. The van der Waals surface area contributed by atoms with Crippen molar-refractivity contribution in [1.29, 1.82) is 0 Å². The first-order valence-electron chi connectivity index (χ1n) is 19.9. The van der Waals surface area contributed by atoms with E-state index in [2.05, 4.69) is 35.6 Å². The SMILES string of the molecule is CCCCCCCCc1ccc(O)c(C(=O)NNC(=O)C(C)CCCCCC(CC)C(=O)NNC(=O)c2cc(CCCCCCCC)ccc2O)c1. The number of amides is 4. The van der Waals surface area contributed by atoms with Crippen LogP contribution in [0, 0.1) is 11.8 Å². The van der Waals surface area contributed by atoms with Gasteiger partial charge in [-0.05, 0) is 80.3 Å². The van der Waals surface area contributed by atoms with Crippen molar-refractivity contribution >= 4 is 23.6 Å². The Morgan fingerprint density at radius 1 is 0.538 bits per heavy atom. The van der Waals surface area contributed by atoms with Gasteiger partial charge in [-0.1, -0.05) is 123 Å². The number of hydrogen-bond donors (Lipinski definition) is 6. The summed E-state index contributed by atoms with van der Waals surface area (Å²) >= 11 is 0. The molecule has 290 valence electrons. The number of nitrogens with one attached hydrogen (secondary N) is 4. The van der Waals surface area contributed by atoms with Crippen molar-refractivity contribution in [3.05, 3.63) is 58.7 Å². The van der Waals surface area contributed by atoms with Crippen molar-refractivity contribution < 1.29 is 29.4 Å². The van der Waals surface area contributed by atoms with E-state index in [9.17, 15) is 29.4 Å². The standard InChI is InChI=1S/C42H66N4O6/c1-5-8-10-12-14-18-22-32-25-27-37(47)35(29-32)41(51)45-43-39(49)31(4)21-17-16-20-24-34(7-3)40(50)44-46-42(52)36-30-33(26-28-38(36)48)23-19-15-13-11-9-6-2/h25-31,34,47-48H,5-24H2,1-4H3,(H,43,49)(H,44,50)(H,45,51)(H,46,52). The molecule has 2 rings (SSSR count). The predicted molar refractivity (Wildman–Crippen MR) is 208 cm³/mol. The summed E-state index contributed by atoms with van der Waals surface area (Å²) in [5.41, 5.74) is 12.2. The van der Waals surface area contributed by atoms with Crippen LogP contribution in [0.2, 0.25) is 0 Å². The molecule has 2 aromatic carbocycles. The molecule has 10 nitrogen and oxygen atoms in total. The highest BCUT2D eigenvalue weighted by Gasteiger charge is 2.20. The lowest BCUT2D eigenvalue weighted by molar-refractivity contribution is -0.126. The maximum absolute atomic E-state index is 12.8. The predicted octanol–water partition coefficient (Wildman–Crippen LogP) is 8.74. The molecular weight excluding hydrogens is 656 g/mol. The molecule has 0 saturated heterocycles. The molecule has 2 atom stereocenters. The normalized spacial score (nSPS) is 12.2. The van der Waals surface area contributed by atoms with E-state index in [0.717, 1.165) is 68.9 Å². The number of unbranched alkanes of at least 4 members (excludes halogenated alkanes) is 12. The van der Waals surface area contributed by atoms with Crippen LogP contribution in [0.5, 0.6) is 11.5 Å². The molecule has 0 bridgehead atoms. The van der Waals surface area contributed by atoms with Crippen molar-refractivity contribution in [3.8, 4) is 11.5 Å². The zero-order valence-corrected chi connectivity index (χ0v) is 32.3. The van der Waals surface area contributed by atoms with Crippen LogP contribution in [0.15, 0.2) is 36.4 Å². The molecule has 0 spiro atoms.